The first kappa shape index (κ1) is 6.76. The predicted molar refractivity (Wildman–Crippen MR) is 47.2 cm³/mol. The SMILES string of the molecule is O=C1C[C@@H]2[C@@H]3[C@@H]4[C@@H]5CC(=O)[C@@H]([C@H]1[C@H]53)[C@H]24. The summed E-state index contributed by atoms with van der Waals surface area (Å²) < 4.78 is 0. The highest BCUT2D eigenvalue weighted by molar-refractivity contribution is 5.96. The van der Waals surface area contributed by atoms with Crippen LogP contribution in [0.25, 0.3) is 0 Å². The first-order valence-electron chi connectivity index (χ1n) is 5.84. The number of rotatable bonds is 0. The van der Waals surface area contributed by atoms with Crippen LogP contribution in [0.2, 0.25) is 0 Å². The van der Waals surface area contributed by atoms with Gasteiger partial charge in [0.1, 0.15) is 11.6 Å². The topological polar surface area (TPSA) is 34.1 Å². The second kappa shape index (κ2) is 1.62. The summed E-state index contributed by atoms with van der Waals surface area (Å²) in [5, 5.41) is 0. The van der Waals surface area contributed by atoms with Crippen molar-refractivity contribution in [2.75, 3.05) is 0 Å². The molecule has 2 heteroatoms. The summed E-state index contributed by atoms with van der Waals surface area (Å²) in [7, 11) is 0. The molecule has 2 nitrogen and oxygen atoms in total. The molecule has 0 amide bonds. The smallest absolute Gasteiger partial charge is 0.137 e. The van der Waals surface area contributed by atoms with Gasteiger partial charge < -0.3 is 0 Å². The summed E-state index contributed by atoms with van der Waals surface area (Å²) in [6.45, 7) is 0. The van der Waals surface area contributed by atoms with Gasteiger partial charge in [-0.25, -0.2) is 0 Å². The number of fused-ring (bicyclic) bond motifs is 2. The molecule has 9 rings (SSSR count). The maximum absolute atomic E-state index is 11.8. The molecule has 0 aromatic heterocycles. The Kier molecular flexibility index (Phi) is 0.780. The van der Waals surface area contributed by atoms with Crippen LogP contribution in [0, 0.1) is 47.3 Å². The first-order valence-corrected chi connectivity index (χ1v) is 5.84. The quantitative estimate of drug-likeness (QED) is 0.566. The van der Waals surface area contributed by atoms with E-state index < -0.39 is 0 Å². The second-order valence-electron chi connectivity index (χ2n) is 6.03. The molecule has 0 spiro atoms. The van der Waals surface area contributed by atoms with Crippen LogP contribution in [0.5, 0.6) is 0 Å². The maximum atomic E-state index is 11.8. The second-order valence-corrected chi connectivity index (χ2v) is 6.03. The molecule has 0 saturated heterocycles. The Balaban J connectivity index is 1.77. The molecule has 8 bridgehead atoms. The Labute approximate surface area is 82.0 Å². The summed E-state index contributed by atoms with van der Waals surface area (Å²) >= 11 is 0. The minimum absolute atomic E-state index is 0.200. The molecule has 0 unspecified atom stereocenters. The zero-order valence-corrected chi connectivity index (χ0v) is 7.85. The van der Waals surface area contributed by atoms with Crippen LogP contribution in [0.15, 0.2) is 0 Å². The zero-order valence-electron chi connectivity index (χ0n) is 7.85. The molecule has 9 aliphatic carbocycles. The highest BCUT2D eigenvalue weighted by Crippen LogP contribution is 2.81. The number of hydrogen-bond acceptors (Lipinski definition) is 2. The summed E-state index contributed by atoms with van der Waals surface area (Å²) in [5.41, 5.74) is 0. The molecule has 0 aromatic carbocycles. The maximum Gasteiger partial charge on any atom is 0.137 e. The van der Waals surface area contributed by atoms with E-state index in [1.54, 1.807) is 0 Å². The monoisotopic (exact) mass is 188 g/mol. The Bertz CT molecular complexity index is 361. The van der Waals surface area contributed by atoms with Gasteiger partial charge in [-0.2, -0.15) is 0 Å². The minimum Gasteiger partial charge on any atom is -0.299 e. The van der Waals surface area contributed by atoms with Crippen molar-refractivity contribution in [1.29, 1.82) is 0 Å². The highest BCUT2D eigenvalue weighted by atomic mass is 16.1. The molecule has 0 aromatic rings. The molecule has 72 valence electrons. The van der Waals surface area contributed by atoms with Crippen molar-refractivity contribution in [1.82, 2.24) is 0 Å². The Hall–Kier alpha value is -0.660. The fraction of sp³-hybridized carbons (Fsp3) is 0.833. The van der Waals surface area contributed by atoms with Gasteiger partial charge in [0, 0.05) is 24.7 Å². The van der Waals surface area contributed by atoms with Gasteiger partial charge in [0.15, 0.2) is 0 Å². The number of hydrogen-bond donors (Lipinski definition) is 0. The molecule has 0 aliphatic heterocycles. The van der Waals surface area contributed by atoms with E-state index in [-0.39, 0.29) is 11.8 Å². The van der Waals surface area contributed by atoms with Crippen LogP contribution < -0.4 is 0 Å². The molecule has 8 atom stereocenters. The van der Waals surface area contributed by atoms with Gasteiger partial charge in [0.25, 0.3) is 0 Å². The zero-order chi connectivity index (χ0) is 9.19. The van der Waals surface area contributed by atoms with Gasteiger partial charge in [0.2, 0.25) is 0 Å². The lowest BCUT2D eigenvalue weighted by atomic mass is 9.21. The van der Waals surface area contributed by atoms with Crippen molar-refractivity contribution in [2.24, 2.45) is 47.3 Å². The van der Waals surface area contributed by atoms with Crippen molar-refractivity contribution in [2.45, 2.75) is 12.8 Å². The van der Waals surface area contributed by atoms with E-state index in [9.17, 15) is 9.59 Å². The average molecular weight is 188 g/mol. The van der Waals surface area contributed by atoms with Crippen molar-refractivity contribution in [3.63, 3.8) is 0 Å². The summed E-state index contributed by atoms with van der Waals surface area (Å²) in [6.07, 6.45) is 1.65. The van der Waals surface area contributed by atoms with E-state index >= 15 is 0 Å². The summed E-state index contributed by atoms with van der Waals surface area (Å²) in [6, 6.07) is 0. The van der Waals surface area contributed by atoms with Gasteiger partial charge in [-0.3, -0.25) is 9.59 Å². The standard InChI is InChI=1S/C12H12O2/c13-5-1-3-7-8-4-2-6(14)12(9(3)8)11(5)10(4)7/h3-4,7-12H,1-2H2/t3-,4+,7-,8+,9-,10-,11-,12-/m1/s1. The Morgan fingerprint density at radius 1 is 0.714 bits per heavy atom. The fourth-order valence-corrected chi connectivity index (χ4v) is 6.05. The fourth-order valence-electron chi connectivity index (χ4n) is 6.05. The van der Waals surface area contributed by atoms with Crippen LogP contribution in [0.3, 0.4) is 0 Å². The summed E-state index contributed by atoms with van der Waals surface area (Å²) in [4.78, 5) is 23.7. The number of Topliss-reactive ketones (excluding diaryl/α,β-unsaturated/α-hetero) is 2. The molecular formula is C12H12O2. The molecule has 0 N–H and O–H groups in total. The molecule has 14 heavy (non-hydrogen) atoms. The molecular weight excluding hydrogens is 176 g/mol. The predicted octanol–water partition coefficient (Wildman–Crippen LogP) is 0.902. The van der Waals surface area contributed by atoms with Crippen LogP contribution in [-0.2, 0) is 9.59 Å². The third-order valence-electron chi connectivity index (χ3n) is 6.14. The van der Waals surface area contributed by atoms with Crippen LogP contribution in [0.1, 0.15) is 12.8 Å². The van der Waals surface area contributed by atoms with E-state index in [0.717, 1.165) is 24.7 Å². The van der Waals surface area contributed by atoms with Crippen LogP contribution in [-0.4, -0.2) is 11.6 Å². The highest BCUT2D eigenvalue weighted by Gasteiger charge is 2.81. The van der Waals surface area contributed by atoms with E-state index in [1.165, 1.54) is 0 Å². The Morgan fingerprint density at radius 2 is 1.14 bits per heavy atom. The van der Waals surface area contributed by atoms with Gasteiger partial charge >= 0.3 is 0 Å². The first-order chi connectivity index (χ1) is 6.79. The van der Waals surface area contributed by atoms with Crippen molar-refractivity contribution < 1.29 is 9.59 Å². The molecule has 9 saturated carbocycles. The van der Waals surface area contributed by atoms with E-state index in [2.05, 4.69) is 0 Å². The van der Waals surface area contributed by atoms with E-state index in [1.807, 2.05) is 0 Å². The molecule has 9 aliphatic rings. The van der Waals surface area contributed by atoms with Crippen LogP contribution in [0.4, 0.5) is 0 Å². The molecule has 0 radical (unpaired) electrons. The third kappa shape index (κ3) is 0.396. The van der Waals surface area contributed by atoms with E-state index in [4.69, 9.17) is 0 Å². The average Bonchev–Trinajstić information content (AvgIpc) is 2.16. The number of carbonyl (C=O) groups excluding carboxylic acids is 2. The lowest BCUT2D eigenvalue weighted by molar-refractivity contribution is -0.321. The largest absolute Gasteiger partial charge is 0.299 e. The van der Waals surface area contributed by atoms with Gasteiger partial charge in [-0.05, 0) is 35.5 Å². The molecule has 0 heterocycles. The molecule has 9 fully saturated rings. The van der Waals surface area contributed by atoms with Crippen molar-refractivity contribution in [3.8, 4) is 0 Å². The van der Waals surface area contributed by atoms with E-state index in [0.29, 0.717) is 35.2 Å². The summed E-state index contributed by atoms with van der Waals surface area (Å²) in [5.74, 6) is 5.67. The lowest BCUT2D eigenvalue weighted by Gasteiger charge is -2.81. The van der Waals surface area contributed by atoms with Gasteiger partial charge in [-0.15, -0.1) is 0 Å². The minimum atomic E-state index is 0.200. The van der Waals surface area contributed by atoms with Crippen molar-refractivity contribution >= 4 is 11.6 Å². The number of ketones is 2. The van der Waals surface area contributed by atoms with Crippen molar-refractivity contribution in [3.05, 3.63) is 0 Å². The lowest BCUT2D eigenvalue weighted by Crippen LogP contribution is -2.82. The van der Waals surface area contributed by atoms with Crippen LogP contribution >= 0.6 is 0 Å². The van der Waals surface area contributed by atoms with Gasteiger partial charge in [-0.1, -0.05) is 0 Å². The third-order valence-corrected chi connectivity index (χ3v) is 6.14. The van der Waals surface area contributed by atoms with Gasteiger partial charge in [0.05, 0.1) is 0 Å². The normalized spacial score (nSPS) is 70.6. The number of carbonyl (C=O) groups is 2. The Morgan fingerprint density at radius 3 is 1.57 bits per heavy atom.